The summed E-state index contributed by atoms with van der Waals surface area (Å²) in [5.74, 6) is -0.175. The maximum absolute atomic E-state index is 11.4. The Labute approximate surface area is 172 Å². The van der Waals surface area contributed by atoms with Crippen molar-refractivity contribution in [1.82, 2.24) is 19.5 Å². The SMILES string of the molecule is CC(C)n1c(-c2cccc3cc[nH]c23)nc2c(-c3cccc(C(=O)O)n3)cccc21. The van der Waals surface area contributed by atoms with E-state index in [0.29, 0.717) is 5.69 Å². The summed E-state index contributed by atoms with van der Waals surface area (Å²) in [6.45, 7) is 4.27. The second-order valence-electron chi connectivity index (χ2n) is 7.53. The van der Waals surface area contributed by atoms with E-state index in [-0.39, 0.29) is 11.7 Å². The van der Waals surface area contributed by atoms with E-state index in [4.69, 9.17) is 4.98 Å². The zero-order valence-corrected chi connectivity index (χ0v) is 16.6. The quantitative estimate of drug-likeness (QED) is 0.419. The van der Waals surface area contributed by atoms with Crippen LogP contribution in [0.3, 0.4) is 0 Å². The zero-order chi connectivity index (χ0) is 20.8. The molecule has 0 bridgehead atoms. The second kappa shape index (κ2) is 6.84. The van der Waals surface area contributed by atoms with Gasteiger partial charge in [-0.3, -0.25) is 0 Å². The monoisotopic (exact) mass is 396 g/mol. The van der Waals surface area contributed by atoms with Gasteiger partial charge in [0, 0.05) is 28.8 Å². The Hall–Kier alpha value is -3.93. The number of aromatic carboxylic acids is 1. The zero-order valence-electron chi connectivity index (χ0n) is 16.6. The third-order valence-electron chi connectivity index (χ3n) is 5.31. The number of H-pyrrole nitrogens is 1. The van der Waals surface area contributed by atoms with Gasteiger partial charge in [0.15, 0.2) is 0 Å². The molecule has 0 saturated heterocycles. The van der Waals surface area contributed by atoms with Gasteiger partial charge < -0.3 is 14.7 Å². The van der Waals surface area contributed by atoms with Gasteiger partial charge in [-0.25, -0.2) is 14.8 Å². The normalized spacial score (nSPS) is 11.6. The lowest BCUT2D eigenvalue weighted by Crippen LogP contribution is -2.03. The summed E-state index contributed by atoms with van der Waals surface area (Å²) in [6.07, 6.45) is 1.93. The molecule has 2 aromatic carbocycles. The molecule has 3 aromatic heterocycles. The number of imidazole rings is 1. The Kier molecular flexibility index (Phi) is 4.13. The van der Waals surface area contributed by atoms with Gasteiger partial charge >= 0.3 is 5.97 Å². The van der Waals surface area contributed by atoms with Crippen molar-refractivity contribution in [2.45, 2.75) is 19.9 Å². The Morgan fingerprint density at radius 3 is 2.53 bits per heavy atom. The van der Waals surface area contributed by atoms with Gasteiger partial charge in [-0.2, -0.15) is 0 Å². The lowest BCUT2D eigenvalue weighted by Gasteiger charge is -2.14. The minimum Gasteiger partial charge on any atom is -0.477 e. The van der Waals surface area contributed by atoms with Gasteiger partial charge in [0.1, 0.15) is 11.5 Å². The van der Waals surface area contributed by atoms with Crippen LogP contribution in [0.1, 0.15) is 30.4 Å². The molecular formula is C24H20N4O2. The van der Waals surface area contributed by atoms with Crippen LogP contribution in [0.5, 0.6) is 0 Å². The molecule has 0 fully saturated rings. The molecule has 0 atom stereocenters. The molecule has 148 valence electrons. The predicted octanol–water partition coefficient (Wildman–Crippen LogP) is 5.53. The van der Waals surface area contributed by atoms with E-state index >= 15 is 0 Å². The summed E-state index contributed by atoms with van der Waals surface area (Å²) < 4.78 is 2.22. The molecule has 2 N–H and O–H groups in total. The lowest BCUT2D eigenvalue weighted by molar-refractivity contribution is 0.0690. The number of carbonyl (C=O) groups is 1. The summed E-state index contributed by atoms with van der Waals surface area (Å²) in [6, 6.07) is 19.4. The number of rotatable bonds is 4. The molecule has 6 heteroatoms. The molecule has 0 aliphatic carbocycles. The molecular weight excluding hydrogens is 376 g/mol. The maximum atomic E-state index is 11.4. The number of carboxylic acids is 1. The molecule has 3 heterocycles. The Bertz CT molecular complexity index is 1410. The van der Waals surface area contributed by atoms with E-state index in [1.165, 1.54) is 6.07 Å². The van der Waals surface area contributed by atoms with Crippen LogP contribution < -0.4 is 0 Å². The van der Waals surface area contributed by atoms with Crippen LogP contribution in [0.4, 0.5) is 0 Å². The van der Waals surface area contributed by atoms with E-state index in [9.17, 15) is 9.90 Å². The van der Waals surface area contributed by atoms with Gasteiger partial charge in [-0.15, -0.1) is 0 Å². The minimum atomic E-state index is -1.05. The molecule has 0 aliphatic heterocycles. The first-order valence-electron chi connectivity index (χ1n) is 9.83. The van der Waals surface area contributed by atoms with Crippen molar-refractivity contribution < 1.29 is 9.90 Å². The average molecular weight is 396 g/mol. The molecule has 0 spiro atoms. The smallest absolute Gasteiger partial charge is 0.354 e. The summed E-state index contributed by atoms with van der Waals surface area (Å²) in [5, 5.41) is 10.5. The minimum absolute atomic E-state index is 0.0178. The van der Waals surface area contributed by atoms with Crippen molar-refractivity contribution in [3.8, 4) is 22.6 Å². The van der Waals surface area contributed by atoms with Crippen LogP contribution >= 0.6 is 0 Å². The molecule has 30 heavy (non-hydrogen) atoms. The first kappa shape index (κ1) is 18.1. The van der Waals surface area contributed by atoms with Crippen LogP contribution in [-0.4, -0.2) is 30.6 Å². The molecule has 5 aromatic rings. The highest BCUT2D eigenvalue weighted by molar-refractivity contribution is 5.98. The highest BCUT2D eigenvalue weighted by Crippen LogP contribution is 2.35. The fourth-order valence-corrected chi connectivity index (χ4v) is 4.01. The van der Waals surface area contributed by atoms with Crippen molar-refractivity contribution in [1.29, 1.82) is 0 Å². The number of aromatic amines is 1. The van der Waals surface area contributed by atoms with Crippen molar-refractivity contribution in [3.05, 3.63) is 72.6 Å². The van der Waals surface area contributed by atoms with E-state index < -0.39 is 5.97 Å². The van der Waals surface area contributed by atoms with Gasteiger partial charge in [0.25, 0.3) is 0 Å². The van der Waals surface area contributed by atoms with Gasteiger partial charge in [-0.05, 0) is 44.2 Å². The van der Waals surface area contributed by atoms with Crippen LogP contribution in [-0.2, 0) is 0 Å². The van der Waals surface area contributed by atoms with Crippen LogP contribution in [0.2, 0.25) is 0 Å². The Morgan fingerprint density at radius 2 is 1.73 bits per heavy atom. The van der Waals surface area contributed by atoms with Crippen LogP contribution in [0.25, 0.3) is 44.6 Å². The number of benzene rings is 2. The number of carboxylic acid groups (broad SMARTS) is 1. The molecule has 0 unspecified atom stereocenters. The number of hydrogen-bond acceptors (Lipinski definition) is 3. The maximum Gasteiger partial charge on any atom is 0.354 e. The highest BCUT2D eigenvalue weighted by atomic mass is 16.4. The van der Waals surface area contributed by atoms with Gasteiger partial charge in [0.05, 0.1) is 22.2 Å². The number of nitrogens with zero attached hydrogens (tertiary/aromatic N) is 3. The molecule has 0 amide bonds. The van der Waals surface area contributed by atoms with Crippen molar-refractivity contribution in [2.75, 3.05) is 0 Å². The summed E-state index contributed by atoms with van der Waals surface area (Å²) >= 11 is 0. The summed E-state index contributed by atoms with van der Waals surface area (Å²) in [4.78, 5) is 24.1. The van der Waals surface area contributed by atoms with E-state index in [2.05, 4.69) is 40.5 Å². The number of pyridine rings is 1. The van der Waals surface area contributed by atoms with E-state index in [1.807, 2.05) is 42.6 Å². The van der Waals surface area contributed by atoms with Crippen molar-refractivity contribution in [2.24, 2.45) is 0 Å². The van der Waals surface area contributed by atoms with Crippen LogP contribution in [0.15, 0.2) is 66.9 Å². The first-order valence-corrected chi connectivity index (χ1v) is 9.83. The second-order valence-corrected chi connectivity index (χ2v) is 7.53. The van der Waals surface area contributed by atoms with Gasteiger partial charge in [0.2, 0.25) is 0 Å². The molecule has 5 rings (SSSR count). The van der Waals surface area contributed by atoms with Gasteiger partial charge in [-0.1, -0.05) is 30.3 Å². The molecule has 0 saturated carbocycles. The molecule has 0 radical (unpaired) electrons. The predicted molar refractivity (Wildman–Crippen MR) is 118 cm³/mol. The highest BCUT2D eigenvalue weighted by Gasteiger charge is 2.20. The number of hydrogen-bond donors (Lipinski definition) is 2. The third kappa shape index (κ3) is 2.76. The number of para-hydroxylation sites is 2. The van der Waals surface area contributed by atoms with E-state index in [1.54, 1.807) is 6.07 Å². The number of fused-ring (bicyclic) bond motifs is 2. The first-order chi connectivity index (χ1) is 14.5. The van der Waals surface area contributed by atoms with Crippen LogP contribution in [0, 0.1) is 0 Å². The summed E-state index contributed by atoms with van der Waals surface area (Å²) in [5.41, 5.74) is 5.30. The molecule has 0 aliphatic rings. The number of nitrogens with one attached hydrogen (secondary N) is 1. The Morgan fingerprint density at radius 1 is 0.967 bits per heavy atom. The standard InChI is InChI=1S/C24H20N4O2/c1-14(2)28-20-11-4-7-16(18-9-5-10-19(26-18)24(29)30)22(20)27-23(28)17-8-3-6-15-12-13-25-21(15)17/h3-14,25H,1-2H3,(H,29,30). The Balaban J connectivity index is 1.81. The van der Waals surface area contributed by atoms with Crippen molar-refractivity contribution >= 4 is 27.9 Å². The third-order valence-corrected chi connectivity index (χ3v) is 5.31. The average Bonchev–Trinajstić information content (AvgIpc) is 3.38. The summed E-state index contributed by atoms with van der Waals surface area (Å²) in [7, 11) is 0. The molecule has 6 nitrogen and oxygen atoms in total. The number of aromatic nitrogens is 4. The van der Waals surface area contributed by atoms with E-state index in [0.717, 1.165) is 38.9 Å². The topological polar surface area (TPSA) is 83.8 Å². The fourth-order valence-electron chi connectivity index (χ4n) is 4.01. The largest absolute Gasteiger partial charge is 0.477 e. The lowest BCUT2D eigenvalue weighted by atomic mass is 10.1. The van der Waals surface area contributed by atoms with Crippen molar-refractivity contribution in [3.63, 3.8) is 0 Å². The fraction of sp³-hybridized carbons (Fsp3) is 0.125.